The number of carbonyl (C=O) groups is 1. The number of anilines is 1. The summed E-state index contributed by atoms with van der Waals surface area (Å²) in [6.45, 7) is 5.45. The summed E-state index contributed by atoms with van der Waals surface area (Å²) in [6.07, 6.45) is 2.41. The Morgan fingerprint density at radius 2 is 2.00 bits per heavy atom. The third-order valence-corrected chi connectivity index (χ3v) is 6.11. The maximum absolute atomic E-state index is 13.0. The van der Waals surface area contributed by atoms with Crippen molar-refractivity contribution in [3.63, 3.8) is 0 Å². The smallest absolute Gasteiger partial charge is 0.240 e. The van der Waals surface area contributed by atoms with Gasteiger partial charge in [-0.05, 0) is 32.3 Å². The van der Waals surface area contributed by atoms with Gasteiger partial charge in [0.05, 0.1) is 0 Å². The van der Waals surface area contributed by atoms with Crippen LogP contribution in [0, 0.1) is 0 Å². The van der Waals surface area contributed by atoms with Crippen LogP contribution in [0.5, 0.6) is 0 Å². The number of hydrogen-bond donors (Lipinski definition) is 1. The lowest BCUT2D eigenvalue weighted by Crippen LogP contribution is -2.33. The fourth-order valence-electron chi connectivity index (χ4n) is 2.41. The number of amides is 1. The Kier molecular flexibility index (Phi) is 5.73. The first-order valence-electron chi connectivity index (χ1n) is 8.31. The number of hydrogen-bond acceptors (Lipinski definition) is 6. The molecule has 1 fully saturated rings. The molecule has 0 spiro atoms. The van der Waals surface area contributed by atoms with Crippen molar-refractivity contribution in [1.29, 1.82) is 0 Å². The van der Waals surface area contributed by atoms with Crippen molar-refractivity contribution in [2.75, 3.05) is 18.4 Å². The third kappa shape index (κ3) is 4.27. The lowest BCUT2D eigenvalue weighted by atomic mass is 10.1. The highest BCUT2D eigenvalue weighted by molar-refractivity contribution is 8.01. The van der Waals surface area contributed by atoms with Gasteiger partial charge in [0, 0.05) is 19.1 Å². The average Bonchev–Trinajstić information content (AvgIpc) is 3.31. The Morgan fingerprint density at radius 3 is 2.62 bits per heavy atom. The van der Waals surface area contributed by atoms with Crippen LogP contribution in [-0.2, 0) is 4.79 Å². The van der Waals surface area contributed by atoms with Gasteiger partial charge in [0.1, 0.15) is 5.25 Å². The van der Waals surface area contributed by atoms with Gasteiger partial charge >= 0.3 is 0 Å². The van der Waals surface area contributed by atoms with Gasteiger partial charge in [0.15, 0.2) is 4.34 Å². The van der Waals surface area contributed by atoms with Gasteiger partial charge in [0.2, 0.25) is 11.0 Å². The van der Waals surface area contributed by atoms with Crippen molar-refractivity contribution in [1.82, 2.24) is 15.1 Å². The minimum atomic E-state index is -0.284. The zero-order chi connectivity index (χ0) is 16.9. The molecular weight excluding hydrogens is 340 g/mol. The lowest BCUT2D eigenvalue weighted by molar-refractivity contribution is -0.130. The van der Waals surface area contributed by atoms with E-state index < -0.39 is 0 Å². The summed E-state index contributed by atoms with van der Waals surface area (Å²) in [4.78, 5) is 14.8. The Hall–Kier alpha value is -1.60. The van der Waals surface area contributed by atoms with Crippen LogP contribution in [-0.4, -0.2) is 40.1 Å². The number of rotatable bonds is 8. The second-order valence-electron chi connectivity index (χ2n) is 5.71. The summed E-state index contributed by atoms with van der Waals surface area (Å²) in [7, 11) is 0. The summed E-state index contributed by atoms with van der Waals surface area (Å²) in [5, 5.41) is 12.4. The molecule has 1 heterocycles. The first-order chi connectivity index (χ1) is 11.7. The Balaban J connectivity index is 1.78. The first kappa shape index (κ1) is 17.2. The zero-order valence-corrected chi connectivity index (χ0v) is 15.6. The average molecular weight is 363 g/mol. The quantitative estimate of drug-likeness (QED) is 0.724. The Bertz CT molecular complexity index is 668. The van der Waals surface area contributed by atoms with Gasteiger partial charge in [-0.3, -0.25) is 4.79 Å². The van der Waals surface area contributed by atoms with E-state index in [0.717, 1.165) is 15.0 Å². The third-order valence-electron chi connectivity index (χ3n) is 3.93. The molecule has 1 aromatic heterocycles. The molecule has 0 aliphatic heterocycles. The van der Waals surface area contributed by atoms with Crippen LogP contribution in [0.25, 0.3) is 0 Å². The second-order valence-corrected chi connectivity index (χ2v) is 8.04. The molecule has 128 valence electrons. The molecule has 1 atom stereocenters. The molecule has 1 N–H and O–H groups in total. The van der Waals surface area contributed by atoms with Crippen LogP contribution in [0.4, 0.5) is 5.13 Å². The molecule has 24 heavy (non-hydrogen) atoms. The van der Waals surface area contributed by atoms with Gasteiger partial charge in [0.25, 0.3) is 0 Å². The number of nitrogens with one attached hydrogen (secondary N) is 1. The van der Waals surface area contributed by atoms with E-state index in [0.29, 0.717) is 19.1 Å². The molecule has 0 unspecified atom stereocenters. The molecular formula is C17H22N4OS2. The minimum Gasteiger partial charge on any atom is -0.357 e. The van der Waals surface area contributed by atoms with Crippen molar-refractivity contribution in [2.45, 2.75) is 42.3 Å². The number of thioether (sulfide) groups is 1. The first-order valence-corrected chi connectivity index (χ1v) is 10.0. The van der Waals surface area contributed by atoms with E-state index >= 15 is 0 Å². The summed E-state index contributed by atoms with van der Waals surface area (Å²) >= 11 is 3.02. The summed E-state index contributed by atoms with van der Waals surface area (Å²) in [5.41, 5.74) is 1.01. The van der Waals surface area contributed by atoms with E-state index in [1.807, 2.05) is 49.1 Å². The zero-order valence-electron chi connectivity index (χ0n) is 13.9. The van der Waals surface area contributed by atoms with E-state index in [2.05, 4.69) is 15.5 Å². The van der Waals surface area contributed by atoms with Crippen molar-refractivity contribution >= 4 is 34.1 Å². The predicted octanol–water partition coefficient (Wildman–Crippen LogP) is 3.81. The molecule has 7 heteroatoms. The number of aromatic nitrogens is 2. The van der Waals surface area contributed by atoms with Crippen LogP contribution < -0.4 is 5.32 Å². The Labute approximate surface area is 150 Å². The molecule has 1 amide bonds. The summed E-state index contributed by atoms with van der Waals surface area (Å²) in [5.74, 6) is 0.128. The number of likely N-dealkylation sites (N-methyl/N-ethyl adjacent to an activating group) is 1. The van der Waals surface area contributed by atoms with Crippen molar-refractivity contribution < 1.29 is 4.79 Å². The number of nitrogens with zero attached hydrogens (tertiary/aromatic N) is 3. The van der Waals surface area contributed by atoms with Crippen LogP contribution in [0.1, 0.15) is 37.5 Å². The summed E-state index contributed by atoms with van der Waals surface area (Å²) < 4.78 is 0.826. The molecule has 1 aliphatic rings. The van der Waals surface area contributed by atoms with Gasteiger partial charge in [-0.15, -0.1) is 10.2 Å². The monoisotopic (exact) mass is 362 g/mol. The fourth-order valence-corrected chi connectivity index (χ4v) is 4.51. The molecule has 1 aliphatic carbocycles. The Morgan fingerprint density at radius 1 is 1.29 bits per heavy atom. The van der Waals surface area contributed by atoms with Crippen molar-refractivity contribution in [2.24, 2.45) is 0 Å². The van der Waals surface area contributed by atoms with Crippen molar-refractivity contribution in [3.05, 3.63) is 35.9 Å². The highest BCUT2D eigenvalue weighted by Gasteiger charge is 2.28. The highest BCUT2D eigenvalue weighted by atomic mass is 32.2. The molecule has 0 bridgehead atoms. The van der Waals surface area contributed by atoms with Crippen LogP contribution >= 0.6 is 23.1 Å². The highest BCUT2D eigenvalue weighted by Crippen LogP contribution is 2.39. The second kappa shape index (κ2) is 7.98. The van der Waals surface area contributed by atoms with Gasteiger partial charge < -0.3 is 10.2 Å². The van der Waals surface area contributed by atoms with E-state index in [4.69, 9.17) is 0 Å². The number of carbonyl (C=O) groups excluding carboxylic acids is 1. The maximum Gasteiger partial charge on any atom is 0.240 e. The van der Waals surface area contributed by atoms with Crippen LogP contribution in [0.2, 0.25) is 0 Å². The number of benzene rings is 1. The minimum absolute atomic E-state index is 0.128. The molecule has 5 nitrogen and oxygen atoms in total. The largest absolute Gasteiger partial charge is 0.357 e. The van der Waals surface area contributed by atoms with E-state index in [-0.39, 0.29) is 11.2 Å². The van der Waals surface area contributed by atoms with Crippen LogP contribution in [0.3, 0.4) is 0 Å². The molecule has 0 radical (unpaired) electrons. The predicted molar refractivity (Wildman–Crippen MR) is 99.5 cm³/mol. The lowest BCUT2D eigenvalue weighted by Gasteiger charge is -2.24. The topological polar surface area (TPSA) is 58.1 Å². The summed E-state index contributed by atoms with van der Waals surface area (Å²) in [6, 6.07) is 10.5. The molecule has 2 aromatic rings. The van der Waals surface area contributed by atoms with E-state index in [1.165, 1.54) is 35.9 Å². The molecule has 1 saturated carbocycles. The standard InChI is InChI=1S/C17H22N4OS2/c1-3-21(4-2)15(22)14(12-8-6-5-7-9-12)23-17-20-19-16(24-17)18-13-10-11-13/h5-9,13-14H,3-4,10-11H2,1-2H3,(H,18,19)/t14-/m0/s1. The normalized spacial score (nSPS) is 15.1. The molecule has 3 rings (SSSR count). The van der Waals surface area contributed by atoms with Gasteiger partial charge in [-0.1, -0.05) is 53.4 Å². The molecule has 1 aromatic carbocycles. The van der Waals surface area contributed by atoms with Crippen molar-refractivity contribution in [3.8, 4) is 0 Å². The fraction of sp³-hybridized carbons (Fsp3) is 0.471. The van der Waals surface area contributed by atoms with E-state index in [9.17, 15) is 4.79 Å². The SMILES string of the molecule is CCN(CC)C(=O)[C@@H](Sc1nnc(NC2CC2)s1)c1ccccc1. The maximum atomic E-state index is 13.0. The molecule has 0 saturated heterocycles. The van der Waals surface area contributed by atoms with Gasteiger partial charge in [-0.2, -0.15) is 0 Å². The van der Waals surface area contributed by atoms with E-state index in [1.54, 1.807) is 0 Å². The van der Waals surface area contributed by atoms with Gasteiger partial charge in [-0.25, -0.2) is 0 Å². The van der Waals surface area contributed by atoms with Crippen LogP contribution in [0.15, 0.2) is 34.7 Å².